The molecule has 9 heteroatoms. The second kappa shape index (κ2) is 7.38. The molecule has 8 nitrogen and oxygen atoms in total. The fraction of sp³-hybridized carbons (Fsp3) is 0.0556. The lowest BCUT2D eigenvalue weighted by Crippen LogP contribution is -2.18. The van der Waals surface area contributed by atoms with Crippen molar-refractivity contribution in [2.24, 2.45) is 7.05 Å². The minimum Gasteiger partial charge on any atom is -0.322 e. The van der Waals surface area contributed by atoms with Crippen LogP contribution in [-0.4, -0.2) is 20.6 Å². The Kier molecular flexibility index (Phi) is 5.00. The highest BCUT2D eigenvalue weighted by Crippen LogP contribution is 2.24. The Labute approximate surface area is 158 Å². The van der Waals surface area contributed by atoms with E-state index in [1.165, 1.54) is 22.9 Å². The predicted molar refractivity (Wildman–Crippen MR) is 101 cm³/mol. The van der Waals surface area contributed by atoms with Crippen molar-refractivity contribution in [3.05, 3.63) is 85.7 Å². The van der Waals surface area contributed by atoms with Crippen molar-refractivity contribution < 1.29 is 9.72 Å². The lowest BCUT2D eigenvalue weighted by Gasteiger charge is -2.08. The highest BCUT2D eigenvalue weighted by atomic mass is 35.5. The van der Waals surface area contributed by atoms with Gasteiger partial charge in [-0.15, -0.1) is 0 Å². The highest BCUT2D eigenvalue weighted by molar-refractivity contribution is 6.34. The molecule has 0 bridgehead atoms. The smallest absolute Gasteiger partial charge is 0.270 e. The van der Waals surface area contributed by atoms with Gasteiger partial charge in [-0.1, -0.05) is 23.7 Å². The number of nitro benzene ring substituents is 1. The van der Waals surface area contributed by atoms with Gasteiger partial charge in [0, 0.05) is 36.5 Å². The number of rotatable bonds is 4. The normalized spacial score (nSPS) is 10.4. The third kappa shape index (κ3) is 4.01. The summed E-state index contributed by atoms with van der Waals surface area (Å²) in [6.45, 7) is 0. The number of non-ortho nitro benzene ring substituents is 1. The first kappa shape index (κ1) is 18.3. The van der Waals surface area contributed by atoms with Gasteiger partial charge in [0.15, 0.2) is 0 Å². The lowest BCUT2D eigenvalue weighted by atomic mass is 10.1. The summed E-state index contributed by atoms with van der Waals surface area (Å²) in [6, 6.07) is 13.5. The van der Waals surface area contributed by atoms with Crippen LogP contribution in [-0.2, 0) is 7.05 Å². The van der Waals surface area contributed by atoms with Gasteiger partial charge >= 0.3 is 0 Å². The quantitative estimate of drug-likeness (QED) is 0.548. The predicted octanol–water partition coefficient (Wildman–Crippen LogP) is 3.26. The number of aryl methyl sites for hydroxylation is 1. The van der Waals surface area contributed by atoms with Crippen molar-refractivity contribution >= 4 is 28.9 Å². The summed E-state index contributed by atoms with van der Waals surface area (Å²) in [7, 11) is 1.56. The number of nitro groups is 1. The van der Waals surface area contributed by atoms with Gasteiger partial charge in [0.05, 0.1) is 21.2 Å². The molecular weight excluding hydrogens is 372 g/mol. The van der Waals surface area contributed by atoms with Gasteiger partial charge in [0.1, 0.15) is 0 Å². The number of aromatic nitrogens is 2. The Morgan fingerprint density at radius 3 is 2.48 bits per heavy atom. The number of benzene rings is 2. The monoisotopic (exact) mass is 384 g/mol. The first-order valence-corrected chi connectivity index (χ1v) is 8.13. The molecule has 136 valence electrons. The first-order chi connectivity index (χ1) is 12.8. The highest BCUT2D eigenvalue weighted by Gasteiger charge is 2.16. The molecule has 0 unspecified atom stereocenters. The number of nitrogens with zero attached hydrogens (tertiary/aromatic N) is 3. The van der Waals surface area contributed by atoms with E-state index in [0.717, 1.165) is 11.6 Å². The fourth-order valence-electron chi connectivity index (χ4n) is 2.38. The molecule has 0 fully saturated rings. The number of nitrogens with one attached hydrogen (secondary N) is 1. The van der Waals surface area contributed by atoms with Crippen molar-refractivity contribution in [1.82, 2.24) is 9.78 Å². The van der Waals surface area contributed by atoms with Crippen LogP contribution in [0.25, 0.3) is 11.3 Å². The molecule has 1 aromatic heterocycles. The minimum atomic E-state index is -0.595. The average molecular weight is 385 g/mol. The van der Waals surface area contributed by atoms with Crippen molar-refractivity contribution in [2.45, 2.75) is 0 Å². The fourth-order valence-corrected chi connectivity index (χ4v) is 2.58. The van der Waals surface area contributed by atoms with E-state index in [1.807, 2.05) is 0 Å². The molecule has 3 rings (SSSR count). The van der Waals surface area contributed by atoms with Crippen LogP contribution >= 0.6 is 11.6 Å². The number of anilines is 1. The standard InChI is InChI=1S/C18H13ClN4O4/c1-22-17(24)9-8-16(21-22)11-2-4-12(5-3-11)20-18(25)14-10-13(23(26)27)6-7-15(14)19/h2-10H,1H3,(H,20,25). The molecule has 3 aromatic rings. The van der Waals surface area contributed by atoms with E-state index in [2.05, 4.69) is 10.4 Å². The summed E-state index contributed by atoms with van der Waals surface area (Å²) in [5, 5.41) is 17.8. The number of carbonyl (C=O) groups is 1. The summed E-state index contributed by atoms with van der Waals surface area (Å²) >= 11 is 5.98. The first-order valence-electron chi connectivity index (χ1n) is 7.75. The van der Waals surface area contributed by atoms with Crippen LogP contribution < -0.4 is 10.9 Å². The Hall–Kier alpha value is -3.52. The van der Waals surface area contributed by atoms with E-state index in [1.54, 1.807) is 37.4 Å². The SMILES string of the molecule is Cn1nc(-c2ccc(NC(=O)c3cc([N+](=O)[O-])ccc3Cl)cc2)ccc1=O. The summed E-state index contributed by atoms with van der Waals surface area (Å²) < 4.78 is 1.23. The van der Waals surface area contributed by atoms with Crippen LogP contribution in [0.3, 0.4) is 0 Å². The zero-order chi connectivity index (χ0) is 19.6. The van der Waals surface area contributed by atoms with Gasteiger partial charge in [0.25, 0.3) is 17.2 Å². The van der Waals surface area contributed by atoms with Crippen molar-refractivity contribution in [3.8, 4) is 11.3 Å². The van der Waals surface area contributed by atoms with Crippen molar-refractivity contribution in [3.63, 3.8) is 0 Å². The molecule has 0 saturated carbocycles. The van der Waals surface area contributed by atoms with Crippen LogP contribution in [0, 0.1) is 10.1 Å². The third-order valence-electron chi connectivity index (χ3n) is 3.80. The maximum Gasteiger partial charge on any atom is 0.270 e. The van der Waals surface area contributed by atoms with Crippen molar-refractivity contribution in [1.29, 1.82) is 0 Å². The Morgan fingerprint density at radius 1 is 1.15 bits per heavy atom. The summed E-state index contributed by atoms with van der Waals surface area (Å²) in [5.74, 6) is -0.559. The molecular formula is C18H13ClN4O4. The van der Waals surface area contributed by atoms with Crippen LogP contribution in [0.1, 0.15) is 10.4 Å². The van der Waals surface area contributed by atoms with Crippen LogP contribution in [0.2, 0.25) is 5.02 Å². The third-order valence-corrected chi connectivity index (χ3v) is 4.13. The van der Waals surface area contributed by atoms with E-state index < -0.39 is 10.8 Å². The van der Waals surface area contributed by atoms with E-state index in [-0.39, 0.29) is 21.8 Å². The van der Waals surface area contributed by atoms with E-state index in [9.17, 15) is 19.7 Å². The number of amides is 1. The number of carbonyl (C=O) groups excluding carboxylic acids is 1. The van der Waals surface area contributed by atoms with Gasteiger partial charge in [0.2, 0.25) is 0 Å². The number of hydrogen-bond acceptors (Lipinski definition) is 5. The molecule has 0 radical (unpaired) electrons. The zero-order valence-corrected chi connectivity index (χ0v) is 14.8. The molecule has 0 aliphatic heterocycles. The maximum atomic E-state index is 12.4. The molecule has 0 aliphatic carbocycles. The van der Waals surface area contributed by atoms with E-state index in [0.29, 0.717) is 11.4 Å². The summed E-state index contributed by atoms with van der Waals surface area (Å²) in [6.07, 6.45) is 0. The van der Waals surface area contributed by atoms with Gasteiger partial charge in [-0.3, -0.25) is 19.7 Å². The molecule has 0 atom stereocenters. The molecule has 1 amide bonds. The zero-order valence-electron chi connectivity index (χ0n) is 14.0. The second-order valence-corrected chi connectivity index (χ2v) is 6.04. The van der Waals surface area contributed by atoms with Crippen LogP contribution in [0.5, 0.6) is 0 Å². The minimum absolute atomic E-state index is 0.00895. The van der Waals surface area contributed by atoms with Gasteiger partial charge in [-0.25, -0.2) is 4.68 Å². The Balaban J connectivity index is 1.81. The Morgan fingerprint density at radius 2 is 1.85 bits per heavy atom. The van der Waals surface area contributed by atoms with Crippen LogP contribution in [0.15, 0.2) is 59.4 Å². The van der Waals surface area contributed by atoms with Crippen molar-refractivity contribution in [2.75, 3.05) is 5.32 Å². The molecule has 27 heavy (non-hydrogen) atoms. The maximum absolute atomic E-state index is 12.4. The topological polar surface area (TPSA) is 107 Å². The molecule has 2 aromatic carbocycles. The van der Waals surface area contributed by atoms with Gasteiger partial charge in [-0.05, 0) is 24.3 Å². The molecule has 0 saturated heterocycles. The van der Waals surface area contributed by atoms with Gasteiger partial charge < -0.3 is 5.32 Å². The largest absolute Gasteiger partial charge is 0.322 e. The van der Waals surface area contributed by atoms with E-state index in [4.69, 9.17) is 11.6 Å². The summed E-state index contributed by atoms with van der Waals surface area (Å²) in [5.41, 5.74) is 1.43. The van der Waals surface area contributed by atoms with E-state index >= 15 is 0 Å². The molecule has 1 heterocycles. The molecule has 0 aliphatic rings. The molecule has 0 spiro atoms. The molecule has 1 N–H and O–H groups in total. The van der Waals surface area contributed by atoms with Crippen LogP contribution in [0.4, 0.5) is 11.4 Å². The average Bonchev–Trinajstić information content (AvgIpc) is 2.64. The Bertz CT molecular complexity index is 1090. The van der Waals surface area contributed by atoms with Gasteiger partial charge in [-0.2, -0.15) is 5.10 Å². The number of halogens is 1. The second-order valence-electron chi connectivity index (χ2n) is 5.63. The summed E-state index contributed by atoms with van der Waals surface area (Å²) in [4.78, 5) is 34.1. The lowest BCUT2D eigenvalue weighted by molar-refractivity contribution is -0.384. The number of hydrogen-bond donors (Lipinski definition) is 1.